The Morgan fingerprint density at radius 3 is 2.62 bits per heavy atom. The SMILES string of the molecule is CC1(c2ccc3c(c2)CCC3)NC(=O)N(CC(=O)N/N=C2\CC3CCC2(C)C3(C)C)C1=O. The Labute approximate surface area is 189 Å². The molecule has 4 aliphatic rings. The van der Waals surface area contributed by atoms with Gasteiger partial charge in [0.2, 0.25) is 0 Å². The fraction of sp³-hybridized carbons (Fsp3) is 0.600. The lowest BCUT2D eigenvalue weighted by Gasteiger charge is -2.34. The number of hydrogen-bond donors (Lipinski definition) is 2. The van der Waals surface area contributed by atoms with Crippen LogP contribution in [0.15, 0.2) is 23.3 Å². The van der Waals surface area contributed by atoms with Crippen molar-refractivity contribution < 1.29 is 14.4 Å². The number of urea groups is 1. The van der Waals surface area contributed by atoms with Crippen LogP contribution in [0.1, 0.15) is 70.1 Å². The molecule has 0 aromatic heterocycles. The number of rotatable bonds is 4. The van der Waals surface area contributed by atoms with E-state index in [-0.39, 0.29) is 17.4 Å². The standard InChI is InChI=1S/C25H32N4O3/c1-23(2)17-10-11-24(23,3)19(13-17)27-28-20(30)14-29-21(31)25(4,26-22(29)32)18-9-8-15-6-5-7-16(15)12-18/h8-9,12,17H,5-7,10-11,13-14H2,1-4H3,(H,26,32)(H,28,30)/b27-19+. The molecule has 1 aromatic rings. The highest BCUT2D eigenvalue weighted by molar-refractivity contribution is 6.09. The normalized spacial score (nSPS) is 33.7. The van der Waals surface area contributed by atoms with E-state index in [4.69, 9.17) is 0 Å². The predicted octanol–water partition coefficient (Wildman–Crippen LogP) is 3.26. The van der Waals surface area contributed by atoms with Crippen LogP contribution in [0.2, 0.25) is 0 Å². The summed E-state index contributed by atoms with van der Waals surface area (Å²) in [4.78, 5) is 39.4. The Morgan fingerprint density at radius 1 is 1.19 bits per heavy atom. The highest BCUT2D eigenvalue weighted by atomic mass is 16.2. The Hall–Kier alpha value is -2.70. The third-order valence-corrected chi connectivity index (χ3v) is 9.08. The predicted molar refractivity (Wildman–Crippen MR) is 121 cm³/mol. The summed E-state index contributed by atoms with van der Waals surface area (Å²) in [5.74, 6) is -0.276. The lowest BCUT2D eigenvalue weighted by Crippen LogP contribution is -2.43. The minimum Gasteiger partial charge on any atom is -0.319 e. The second-order valence-corrected chi connectivity index (χ2v) is 10.9. The van der Waals surface area contributed by atoms with Crippen molar-refractivity contribution in [3.63, 3.8) is 0 Å². The molecule has 1 heterocycles. The van der Waals surface area contributed by atoms with Gasteiger partial charge in [0.15, 0.2) is 0 Å². The Bertz CT molecular complexity index is 1060. The van der Waals surface area contributed by atoms with Crippen molar-refractivity contribution in [2.45, 2.75) is 71.8 Å². The molecule has 3 unspecified atom stereocenters. The summed E-state index contributed by atoms with van der Waals surface area (Å²) in [5, 5.41) is 7.25. The van der Waals surface area contributed by atoms with Gasteiger partial charge in [-0.3, -0.25) is 14.5 Å². The van der Waals surface area contributed by atoms with Crippen LogP contribution in [0, 0.1) is 16.7 Å². The molecule has 170 valence electrons. The number of aryl methyl sites for hydroxylation is 2. The lowest BCUT2D eigenvalue weighted by atomic mass is 9.70. The van der Waals surface area contributed by atoms with Gasteiger partial charge in [-0.25, -0.2) is 10.2 Å². The van der Waals surface area contributed by atoms with Crippen molar-refractivity contribution in [2.75, 3.05) is 6.54 Å². The van der Waals surface area contributed by atoms with Crippen molar-refractivity contribution in [1.29, 1.82) is 0 Å². The van der Waals surface area contributed by atoms with Crippen LogP contribution in [-0.4, -0.2) is 35.0 Å². The van der Waals surface area contributed by atoms with Crippen LogP contribution in [0.5, 0.6) is 0 Å². The summed E-state index contributed by atoms with van der Waals surface area (Å²) < 4.78 is 0. The van der Waals surface area contributed by atoms with E-state index in [2.05, 4.69) is 36.6 Å². The average molecular weight is 437 g/mol. The molecule has 2 N–H and O–H groups in total. The van der Waals surface area contributed by atoms with Gasteiger partial charge in [-0.15, -0.1) is 0 Å². The fourth-order valence-corrected chi connectivity index (χ4v) is 6.33. The zero-order chi connectivity index (χ0) is 22.9. The first-order valence-corrected chi connectivity index (χ1v) is 11.7. The molecule has 2 bridgehead atoms. The van der Waals surface area contributed by atoms with Gasteiger partial charge in [0.05, 0.1) is 0 Å². The zero-order valence-corrected chi connectivity index (χ0v) is 19.4. The Morgan fingerprint density at radius 2 is 1.94 bits per heavy atom. The van der Waals surface area contributed by atoms with E-state index < -0.39 is 23.4 Å². The second-order valence-electron chi connectivity index (χ2n) is 10.9. The number of benzene rings is 1. The fourth-order valence-electron chi connectivity index (χ4n) is 6.33. The number of nitrogens with zero attached hydrogens (tertiary/aromatic N) is 2. The van der Waals surface area contributed by atoms with E-state index in [0.717, 1.165) is 48.3 Å². The molecule has 1 aliphatic heterocycles. The minimum atomic E-state index is -1.16. The van der Waals surface area contributed by atoms with Crippen molar-refractivity contribution in [2.24, 2.45) is 21.8 Å². The van der Waals surface area contributed by atoms with Crippen LogP contribution in [0.25, 0.3) is 0 Å². The number of imide groups is 1. The maximum atomic E-state index is 13.2. The van der Waals surface area contributed by atoms with E-state index >= 15 is 0 Å². The van der Waals surface area contributed by atoms with E-state index in [1.54, 1.807) is 6.92 Å². The van der Waals surface area contributed by atoms with Crippen molar-refractivity contribution >= 4 is 23.6 Å². The van der Waals surface area contributed by atoms with Crippen molar-refractivity contribution in [3.05, 3.63) is 34.9 Å². The molecule has 5 rings (SSSR count). The molecule has 2 saturated carbocycles. The molecule has 7 heteroatoms. The lowest BCUT2D eigenvalue weighted by molar-refractivity contribution is -0.134. The number of carbonyl (C=O) groups is 3. The van der Waals surface area contributed by atoms with Crippen LogP contribution in [0.4, 0.5) is 4.79 Å². The molecule has 3 aliphatic carbocycles. The minimum absolute atomic E-state index is 0.0159. The highest BCUT2D eigenvalue weighted by Gasteiger charge is 2.60. The molecular formula is C25H32N4O3. The van der Waals surface area contributed by atoms with Gasteiger partial charge >= 0.3 is 6.03 Å². The summed E-state index contributed by atoms with van der Waals surface area (Å²) in [7, 11) is 0. The molecule has 3 atom stereocenters. The molecule has 0 spiro atoms. The number of fused-ring (bicyclic) bond motifs is 3. The smallest absolute Gasteiger partial charge is 0.319 e. The van der Waals surface area contributed by atoms with E-state index in [1.807, 2.05) is 18.2 Å². The Kier molecular flexibility index (Phi) is 4.56. The molecular weight excluding hydrogens is 404 g/mol. The van der Waals surface area contributed by atoms with Crippen LogP contribution >= 0.6 is 0 Å². The third-order valence-electron chi connectivity index (χ3n) is 9.08. The van der Waals surface area contributed by atoms with Gasteiger partial charge in [-0.1, -0.05) is 39.0 Å². The van der Waals surface area contributed by atoms with Crippen LogP contribution < -0.4 is 10.7 Å². The maximum Gasteiger partial charge on any atom is 0.325 e. The number of carbonyl (C=O) groups excluding carboxylic acids is 3. The quantitative estimate of drug-likeness (QED) is 0.561. The molecule has 1 saturated heterocycles. The summed E-state index contributed by atoms with van der Waals surface area (Å²) in [6, 6.07) is 5.43. The van der Waals surface area contributed by atoms with Gasteiger partial charge in [-0.05, 0) is 73.5 Å². The Balaban J connectivity index is 1.28. The van der Waals surface area contributed by atoms with Crippen LogP contribution in [0.3, 0.4) is 0 Å². The monoisotopic (exact) mass is 436 g/mol. The zero-order valence-electron chi connectivity index (χ0n) is 19.4. The maximum absolute atomic E-state index is 13.2. The second kappa shape index (κ2) is 6.90. The summed E-state index contributed by atoms with van der Waals surface area (Å²) in [6.45, 7) is 8.15. The van der Waals surface area contributed by atoms with Crippen molar-refractivity contribution in [3.8, 4) is 0 Å². The molecule has 4 amide bonds. The van der Waals surface area contributed by atoms with Gasteiger partial charge in [0, 0.05) is 11.1 Å². The number of hydrazone groups is 1. The first kappa shape index (κ1) is 21.2. The average Bonchev–Trinajstić information content (AvgIpc) is 3.41. The summed E-state index contributed by atoms with van der Waals surface area (Å²) >= 11 is 0. The topological polar surface area (TPSA) is 90.9 Å². The van der Waals surface area contributed by atoms with E-state index in [9.17, 15) is 14.4 Å². The van der Waals surface area contributed by atoms with Crippen LogP contribution in [-0.2, 0) is 28.0 Å². The van der Waals surface area contributed by atoms with Gasteiger partial charge < -0.3 is 5.32 Å². The van der Waals surface area contributed by atoms with Gasteiger partial charge in [0.25, 0.3) is 11.8 Å². The van der Waals surface area contributed by atoms with Gasteiger partial charge in [-0.2, -0.15) is 5.10 Å². The summed E-state index contributed by atoms with van der Waals surface area (Å²) in [5.41, 5.74) is 5.93. The molecule has 0 radical (unpaired) electrons. The number of nitrogens with one attached hydrogen (secondary N) is 2. The summed E-state index contributed by atoms with van der Waals surface area (Å²) in [6.07, 6.45) is 6.32. The third kappa shape index (κ3) is 2.86. The van der Waals surface area contributed by atoms with Gasteiger partial charge in [0.1, 0.15) is 12.1 Å². The molecule has 32 heavy (non-hydrogen) atoms. The largest absolute Gasteiger partial charge is 0.325 e. The molecule has 1 aromatic carbocycles. The van der Waals surface area contributed by atoms with E-state index in [0.29, 0.717) is 5.92 Å². The number of hydrogen-bond acceptors (Lipinski definition) is 4. The molecule has 3 fully saturated rings. The van der Waals surface area contributed by atoms with E-state index in [1.165, 1.54) is 17.5 Å². The first-order chi connectivity index (χ1) is 15.1. The number of amides is 4. The highest BCUT2D eigenvalue weighted by Crippen LogP contribution is 2.63. The first-order valence-electron chi connectivity index (χ1n) is 11.7. The molecule has 7 nitrogen and oxygen atoms in total. The van der Waals surface area contributed by atoms with Crippen molar-refractivity contribution in [1.82, 2.24) is 15.6 Å².